The minimum absolute atomic E-state index is 0.462. The molecule has 1 amide bonds. The Kier molecular flexibility index (Phi) is 7.15. The topological polar surface area (TPSA) is 75.4 Å². The van der Waals surface area contributed by atoms with Crippen LogP contribution in [0.3, 0.4) is 0 Å². The van der Waals surface area contributed by atoms with Gasteiger partial charge in [0.2, 0.25) is 5.91 Å². The molecule has 0 saturated carbocycles. The Morgan fingerprint density at radius 1 is 1.53 bits per heavy atom. The number of aliphatic hydroxyl groups excluding tert-OH is 1. The lowest BCUT2D eigenvalue weighted by Crippen LogP contribution is -2.44. The van der Waals surface area contributed by atoms with Crippen LogP contribution in [-0.2, 0) is 4.79 Å². The van der Waals surface area contributed by atoms with Gasteiger partial charge in [0.1, 0.15) is 6.10 Å². The Bertz CT molecular complexity index is 191. The highest BCUT2D eigenvalue weighted by Gasteiger charge is 2.19. The fourth-order valence-electron chi connectivity index (χ4n) is 0.980. The van der Waals surface area contributed by atoms with Crippen molar-refractivity contribution in [1.29, 1.82) is 0 Å². The molecule has 0 aliphatic rings. The van der Waals surface area contributed by atoms with Crippen molar-refractivity contribution >= 4 is 5.91 Å². The minimum Gasteiger partial charge on any atom is -0.385 e. The molecule has 0 rings (SSSR count). The summed E-state index contributed by atoms with van der Waals surface area (Å²) >= 11 is 0. The number of aliphatic hydroxyl groups is 1. The van der Waals surface area contributed by atoms with Gasteiger partial charge in [0.25, 0.3) is 6.43 Å². The quantitative estimate of drug-likeness (QED) is 0.580. The van der Waals surface area contributed by atoms with Gasteiger partial charge in [-0.25, -0.2) is 8.78 Å². The molecule has 1 unspecified atom stereocenters. The predicted molar refractivity (Wildman–Crippen MR) is 52.5 cm³/mol. The molecule has 0 aromatic heterocycles. The maximum Gasteiger partial charge on any atom is 0.265 e. The summed E-state index contributed by atoms with van der Waals surface area (Å²) in [5.41, 5.74) is 5.48. The Morgan fingerprint density at radius 2 is 2.13 bits per heavy atom. The average molecular weight is 224 g/mol. The van der Waals surface area contributed by atoms with Crippen LogP contribution in [0.25, 0.3) is 0 Å². The SMILES string of the molecule is CCCC[C@H](N)C(=O)NCC(O)C(F)F. The highest BCUT2D eigenvalue weighted by molar-refractivity contribution is 5.81. The number of alkyl halides is 2. The van der Waals surface area contributed by atoms with Crippen LogP contribution in [0.5, 0.6) is 0 Å². The van der Waals surface area contributed by atoms with Gasteiger partial charge in [-0.05, 0) is 6.42 Å². The van der Waals surface area contributed by atoms with Crippen LogP contribution in [0.1, 0.15) is 26.2 Å². The van der Waals surface area contributed by atoms with E-state index >= 15 is 0 Å². The van der Waals surface area contributed by atoms with Crippen molar-refractivity contribution in [2.24, 2.45) is 5.73 Å². The molecule has 6 heteroatoms. The van der Waals surface area contributed by atoms with Gasteiger partial charge < -0.3 is 16.2 Å². The summed E-state index contributed by atoms with van der Waals surface area (Å²) in [5, 5.41) is 10.9. The number of carbonyl (C=O) groups is 1. The third-order valence-corrected chi connectivity index (χ3v) is 1.98. The van der Waals surface area contributed by atoms with Gasteiger partial charge in [-0.15, -0.1) is 0 Å². The van der Waals surface area contributed by atoms with Crippen LogP contribution in [0, 0.1) is 0 Å². The summed E-state index contributed by atoms with van der Waals surface area (Å²) in [5.74, 6) is -0.497. The van der Waals surface area contributed by atoms with E-state index in [9.17, 15) is 13.6 Å². The molecule has 0 aromatic carbocycles. The van der Waals surface area contributed by atoms with Crippen molar-refractivity contribution in [2.75, 3.05) is 6.54 Å². The summed E-state index contributed by atoms with van der Waals surface area (Å²) in [6.45, 7) is 1.50. The molecule has 0 aliphatic heterocycles. The van der Waals surface area contributed by atoms with Crippen LogP contribution >= 0.6 is 0 Å². The molecule has 15 heavy (non-hydrogen) atoms. The van der Waals surface area contributed by atoms with E-state index in [0.717, 1.165) is 12.8 Å². The lowest BCUT2D eigenvalue weighted by Gasteiger charge is -2.14. The molecule has 0 radical (unpaired) electrons. The summed E-state index contributed by atoms with van der Waals surface area (Å²) in [7, 11) is 0. The third kappa shape index (κ3) is 6.35. The van der Waals surface area contributed by atoms with E-state index in [0.29, 0.717) is 6.42 Å². The highest BCUT2D eigenvalue weighted by Crippen LogP contribution is 2.00. The van der Waals surface area contributed by atoms with E-state index < -0.39 is 31.0 Å². The Balaban J connectivity index is 3.73. The zero-order valence-electron chi connectivity index (χ0n) is 8.75. The fraction of sp³-hybridized carbons (Fsp3) is 0.889. The maximum atomic E-state index is 11.8. The van der Waals surface area contributed by atoms with Crippen LogP contribution in [-0.4, -0.2) is 36.1 Å². The largest absolute Gasteiger partial charge is 0.385 e. The van der Waals surface area contributed by atoms with E-state index in [1.54, 1.807) is 0 Å². The van der Waals surface area contributed by atoms with Gasteiger partial charge in [-0.1, -0.05) is 19.8 Å². The number of halogens is 2. The Hall–Kier alpha value is -0.750. The normalized spacial score (nSPS) is 15.1. The molecule has 0 aromatic rings. The van der Waals surface area contributed by atoms with Crippen molar-refractivity contribution in [3.8, 4) is 0 Å². The van der Waals surface area contributed by atoms with Gasteiger partial charge in [0, 0.05) is 6.54 Å². The van der Waals surface area contributed by atoms with Crippen molar-refractivity contribution in [1.82, 2.24) is 5.32 Å². The average Bonchev–Trinajstić information content (AvgIpc) is 2.21. The second kappa shape index (κ2) is 7.53. The Morgan fingerprint density at radius 3 is 2.60 bits per heavy atom. The lowest BCUT2D eigenvalue weighted by atomic mass is 10.1. The van der Waals surface area contributed by atoms with Crippen LogP contribution in [0.15, 0.2) is 0 Å². The number of amides is 1. The number of nitrogens with one attached hydrogen (secondary N) is 1. The lowest BCUT2D eigenvalue weighted by molar-refractivity contribution is -0.123. The molecule has 0 saturated heterocycles. The zero-order chi connectivity index (χ0) is 11.8. The molecule has 4 nitrogen and oxygen atoms in total. The van der Waals surface area contributed by atoms with Crippen molar-refractivity contribution in [2.45, 2.75) is 44.8 Å². The third-order valence-electron chi connectivity index (χ3n) is 1.98. The van der Waals surface area contributed by atoms with Gasteiger partial charge in [0.15, 0.2) is 0 Å². The van der Waals surface area contributed by atoms with Gasteiger partial charge in [-0.2, -0.15) is 0 Å². The van der Waals surface area contributed by atoms with E-state index in [4.69, 9.17) is 10.8 Å². The first-order chi connectivity index (χ1) is 6.99. The van der Waals surface area contributed by atoms with Crippen LogP contribution < -0.4 is 11.1 Å². The van der Waals surface area contributed by atoms with Gasteiger partial charge >= 0.3 is 0 Å². The number of carbonyl (C=O) groups excluding carboxylic acids is 1. The summed E-state index contributed by atoms with van der Waals surface area (Å²) in [6.07, 6.45) is -2.43. The number of hydrogen-bond donors (Lipinski definition) is 3. The molecule has 90 valence electrons. The van der Waals surface area contributed by atoms with Crippen molar-refractivity contribution in [3.63, 3.8) is 0 Å². The van der Waals surface area contributed by atoms with Crippen molar-refractivity contribution in [3.05, 3.63) is 0 Å². The summed E-state index contributed by atoms with van der Waals surface area (Å²) < 4.78 is 23.7. The number of hydrogen-bond acceptors (Lipinski definition) is 3. The Labute approximate surface area is 87.8 Å². The number of nitrogens with two attached hydrogens (primary N) is 1. The fourth-order valence-corrected chi connectivity index (χ4v) is 0.980. The first-order valence-electron chi connectivity index (χ1n) is 4.98. The molecule has 0 bridgehead atoms. The van der Waals surface area contributed by atoms with Gasteiger partial charge in [0.05, 0.1) is 6.04 Å². The van der Waals surface area contributed by atoms with Crippen LogP contribution in [0.2, 0.25) is 0 Å². The van der Waals surface area contributed by atoms with Crippen LogP contribution in [0.4, 0.5) is 8.78 Å². The predicted octanol–water partition coefficient (Wildman–Crippen LogP) is 0.246. The minimum atomic E-state index is -2.85. The summed E-state index contributed by atoms with van der Waals surface area (Å²) in [4.78, 5) is 11.2. The van der Waals surface area contributed by atoms with E-state index in [1.807, 2.05) is 6.92 Å². The smallest absolute Gasteiger partial charge is 0.265 e. The van der Waals surface area contributed by atoms with Gasteiger partial charge in [-0.3, -0.25) is 4.79 Å². The first-order valence-corrected chi connectivity index (χ1v) is 4.98. The standard InChI is InChI=1S/C9H18F2N2O2/c1-2-3-4-6(12)9(15)13-5-7(14)8(10)11/h6-8,14H,2-5,12H2,1H3,(H,13,15)/t6-,7?/m0/s1. The zero-order valence-corrected chi connectivity index (χ0v) is 8.75. The molecular weight excluding hydrogens is 206 g/mol. The van der Waals surface area contributed by atoms with E-state index in [2.05, 4.69) is 5.32 Å². The molecule has 0 aliphatic carbocycles. The molecular formula is C9H18F2N2O2. The second-order valence-corrected chi connectivity index (χ2v) is 3.40. The molecule has 0 heterocycles. The maximum absolute atomic E-state index is 11.8. The van der Waals surface area contributed by atoms with E-state index in [-0.39, 0.29) is 0 Å². The number of unbranched alkanes of at least 4 members (excludes halogenated alkanes) is 1. The number of rotatable bonds is 7. The molecule has 0 fully saturated rings. The second-order valence-electron chi connectivity index (χ2n) is 3.40. The highest BCUT2D eigenvalue weighted by atomic mass is 19.3. The molecule has 4 N–H and O–H groups in total. The van der Waals surface area contributed by atoms with E-state index in [1.165, 1.54) is 0 Å². The first kappa shape index (κ1) is 14.2. The molecule has 0 spiro atoms. The van der Waals surface area contributed by atoms with Crippen molar-refractivity contribution < 1.29 is 18.7 Å². The monoisotopic (exact) mass is 224 g/mol. The molecule has 2 atom stereocenters. The summed E-state index contributed by atoms with van der Waals surface area (Å²) in [6, 6.07) is -0.685.